The van der Waals surface area contributed by atoms with Crippen molar-refractivity contribution in [1.29, 1.82) is 0 Å². The summed E-state index contributed by atoms with van der Waals surface area (Å²) in [7, 11) is 0. The number of aliphatic hydroxyl groups is 1. The van der Waals surface area contributed by atoms with E-state index in [0.29, 0.717) is 11.8 Å². The van der Waals surface area contributed by atoms with Gasteiger partial charge in [-0.25, -0.2) is 4.98 Å². The Hall–Kier alpha value is -0.410. The normalized spacial score (nSPS) is 12.8. The number of halogens is 1. The molecule has 0 spiro atoms. The van der Waals surface area contributed by atoms with E-state index in [1.807, 2.05) is 6.92 Å². The molecule has 0 bridgehead atoms. The van der Waals surface area contributed by atoms with E-state index in [-0.39, 0.29) is 30.6 Å². The van der Waals surface area contributed by atoms with Crippen LogP contribution >= 0.6 is 35.3 Å². The molecule has 1 rings (SSSR count). The fourth-order valence-electron chi connectivity index (χ4n) is 2.53. The van der Waals surface area contributed by atoms with Crippen LogP contribution in [0.25, 0.3) is 0 Å². The van der Waals surface area contributed by atoms with Crippen molar-refractivity contribution in [1.82, 2.24) is 15.6 Å². The molecule has 1 aromatic rings. The minimum atomic E-state index is 0. The molecule has 1 aromatic heterocycles. The molecule has 140 valence electrons. The van der Waals surface area contributed by atoms with E-state index in [4.69, 9.17) is 0 Å². The van der Waals surface area contributed by atoms with Gasteiger partial charge in [0.15, 0.2) is 5.96 Å². The molecule has 0 fully saturated rings. The molecule has 0 amide bonds. The second-order valence-electron chi connectivity index (χ2n) is 6.26. The predicted octanol–water partition coefficient (Wildman–Crippen LogP) is 3.21. The lowest BCUT2D eigenvalue weighted by molar-refractivity contribution is 0.245. The molecule has 0 saturated carbocycles. The average Bonchev–Trinajstić information content (AvgIpc) is 2.89. The first kappa shape index (κ1) is 23.6. The van der Waals surface area contributed by atoms with Crippen molar-refractivity contribution >= 4 is 41.3 Å². The molecule has 0 saturated heterocycles. The van der Waals surface area contributed by atoms with Crippen LogP contribution in [0.1, 0.15) is 44.3 Å². The molecule has 0 aliphatic rings. The lowest BCUT2D eigenvalue weighted by atomic mass is 9.94. The first-order valence-electron chi connectivity index (χ1n) is 8.59. The van der Waals surface area contributed by atoms with Gasteiger partial charge in [-0.1, -0.05) is 13.8 Å². The van der Waals surface area contributed by atoms with E-state index in [1.165, 1.54) is 0 Å². The first-order chi connectivity index (χ1) is 11.0. The zero-order valence-electron chi connectivity index (χ0n) is 15.3. The van der Waals surface area contributed by atoms with Crippen LogP contribution in [0.2, 0.25) is 0 Å². The zero-order chi connectivity index (χ0) is 17.1. The maximum absolute atomic E-state index is 9.20. The van der Waals surface area contributed by atoms with Gasteiger partial charge in [0.1, 0.15) is 0 Å². The molecule has 0 aromatic carbocycles. The third kappa shape index (κ3) is 10.5. The second kappa shape index (κ2) is 13.8. The number of nitrogens with one attached hydrogen (secondary N) is 2. The molecule has 1 heterocycles. The van der Waals surface area contributed by atoms with Crippen LogP contribution in [0.3, 0.4) is 0 Å². The van der Waals surface area contributed by atoms with Gasteiger partial charge in [-0.3, -0.25) is 4.99 Å². The van der Waals surface area contributed by atoms with Crippen LogP contribution in [0.4, 0.5) is 0 Å². The summed E-state index contributed by atoms with van der Waals surface area (Å²) in [5.41, 5.74) is 1.13. The van der Waals surface area contributed by atoms with E-state index < -0.39 is 0 Å². The zero-order valence-corrected chi connectivity index (χ0v) is 18.5. The largest absolute Gasteiger partial charge is 0.396 e. The summed E-state index contributed by atoms with van der Waals surface area (Å²) in [6.45, 7) is 11.2. The van der Waals surface area contributed by atoms with Crippen molar-refractivity contribution in [2.45, 2.75) is 47.0 Å². The Kier molecular flexibility index (Phi) is 13.6. The fraction of sp³-hybridized carbons (Fsp3) is 0.765. The number of guanidine groups is 1. The van der Waals surface area contributed by atoms with Crippen molar-refractivity contribution in [3.05, 3.63) is 16.1 Å². The summed E-state index contributed by atoms with van der Waals surface area (Å²) in [5.74, 6) is 1.92. The highest BCUT2D eigenvalue weighted by Crippen LogP contribution is 2.15. The van der Waals surface area contributed by atoms with Gasteiger partial charge in [0, 0.05) is 38.0 Å². The predicted molar refractivity (Wildman–Crippen MR) is 115 cm³/mol. The number of aliphatic hydroxyl groups excluding tert-OH is 1. The SMILES string of the molecule is CCNC(=NCC(CCO)CC(C)C)NCCc1csc(C)n1.I. The number of hydrogen-bond acceptors (Lipinski definition) is 4. The number of thiazole rings is 1. The second-order valence-corrected chi connectivity index (χ2v) is 7.32. The Morgan fingerprint density at radius 2 is 2.12 bits per heavy atom. The summed E-state index contributed by atoms with van der Waals surface area (Å²) < 4.78 is 0. The minimum Gasteiger partial charge on any atom is -0.396 e. The Balaban J connectivity index is 0.00000529. The molecule has 1 unspecified atom stereocenters. The monoisotopic (exact) mass is 468 g/mol. The van der Waals surface area contributed by atoms with E-state index >= 15 is 0 Å². The molecule has 0 aliphatic heterocycles. The molecule has 0 aliphatic carbocycles. The third-order valence-corrected chi connectivity index (χ3v) is 4.36. The van der Waals surface area contributed by atoms with Crippen molar-refractivity contribution < 1.29 is 5.11 Å². The van der Waals surface area contributed by atoms with Crippen molar-refractivity contribution in [3.8, 4) is 0 Å². The highest BCUT2D eigenvalue weighted by molar-refractivity contribution is 14.0. The van der Waals surface area contributed by atoms with E-state index in [0.717, 1.165) is 55.6 Å². The first-order valence-corrected chi connectivity index (χ1v) is 9.47. The lowest BCUT2D eigenvalue weighted by Crippen LogP contribution is -2.38. The topological polar surface area (TPSA) is 69.5 Å². The average molecular weight is 468 g/mol. The number of hydrogen-bond donors (Lipinski definition) is 3. The highest BCUT2D eigenvalue weighted by atomic mass is 127. The maximum atomic E-state index is 9.20. The highest BCUT2D eigenvalue weighted by Gasteiger charge is 2.10. The van der Waals surface area contributed by atoms with Gasteiger partial charge in [0.05, 0.1) is 10.7 Å². The summed E-state index contributed by atoms with van der Waals surface area (Å²) in [6, 6.07) is 0. The summed E-state index contributed by atoms with van der Waals surface area (Å²) in [6.07, 6.45) is 2.82. The van der Waals surface area contributed by atoms with Gasteiger partial charge < -0.3 is 15.7 Å². The molecule has 7 heteroatoms. The van der Waals surface area contributed by atoms with E-state index in [9.17, 15) is 5.11 Å². The summed E-state index contributed by atoms with van der Waals surface area (Å²) in [5, 5.41) is 19.1. The van der Waals surface area contributed by atoms with Crippen LogP contribution in [0.5, 0.6) is 0 Å². The molecule has 1 atom stereocenters. The summed E-state index contributed by atoms with van der Waals surface area (Å²) >= 11 is 1.69. The van der Waals surface area contributed by atoms with Crippen molar-refractivity contribution in [2.24, 2.45) is 16.8 Å². The molecular formula is C17H33IN4OS. The molecule has 3 N–H and O–H groups in total. The van der Waals surface area contributed by atoms with E-state index in [1.54, 1.807) is 11.3 Å². The molecule has 5 nitrogen and oxygen atoms in total. The number of aliphatic imine (C=N–C) groups is 1. The molecule has 24 heavy (non-hydrogen) atoms. The smallest absolute Gasteiger partial charge is 0.191 e. The fourth-order valence-corrected chi connectivity index (χ4v) is 3.17. The molecular weight excluding hydrogens is 435 g/mol. The van der Waals surface area contributed by atoms with Gasteiger partial charge in [-0.15, -0.1) is 35.3 Å². The van der Waals surface area contributed by atoms with Crippen LogP contribution in [0.15, 0.2) is 10.4 Å². The number of rotatable bonds is 10. The lowest BCUT2D eigenvalue weighted by Gasteiger charge is -2.17. The summed E-state index contributed by atoms with van der Waals surface area (Å²) in [4.78, 5) is 9.16. The third-order valence-electron chi connectivity index (χ3n) is 3.53. The quantitative estimate of drug-likeness (QED) is 0.280. The number of nitrogens with zero attached hydrogens (tertiary/aromatic N) is 2. The van der Waals surface area contributed by atoms with Gasteiger partial charge in [0.25, 0.3) is 0 Å². The minimum absolute atomic E-state index is 0. The van der Waals surface area contributed by atoms with Crippen LogP contribution in [0, 0.1) is 18.8 Å². The van der Waals surface area contributed by atoms with Gasteiger partial charge in [-0.05, 0) is 38.5 Å². The molecule has 0 radical (unpaired) electrons. The van der Waals surface area contributed by atoms with Gasteiger partial charge in [-0.2, -0.15) is 0 Å². The maximum Gasteiger partial charge on any atom is 0.191 e. The van der Waals surface area contributed by atoms with Gasteiger partial charge >= 0.3 is 0 Å². The Morgan fingerprint density at radius 3 is 2.67 bits per heavy atom. The van der Waals surface area contributed by atoms with Crippen LogP contribution in [-0.4, -0.2) is 42.3 Å². The standard InChI is InChI=1S/C17H32N4OS.HI/c1-5-18-17(19-8-6-16-12-23-14(4)21-16)20-11-15(7-9-22)10-13(2)3;/h12-13,15,22H,5-11H2,1-4H3,(H2,18,19,20);1H. The Morgan fingerprint density at radius 1 is 1.38 bits per heavy atom. The number of aryl methyl sites for hydroxylation is 1. The van der Waals surface area contributed by atoms with Gasteiger partial charge in [0.2, 0.25) is 0 Å². The van der Waals surface area contributed by atoms with Crippen molar-refractivity contribution in [2.75, 3.05) is 26.2 Å². The van der Waals surface area contributed by atoms with Crippen LogP contribution in [-0.2, 0) is 6.42 Å². The number of aromatic nitrogens is 1. The Bertz CT molecular complexity index is 465. The van der Waals surface area contributed by atoms with Crippen molar-refractivity contribution in [3.63, 3.8) is 0 Å². The Labute approximate surface area is 167 Å². The van der Waals surface area contributed by atoms with Crippen LogP contribution < -0.4 is 10.6 Å². The van der Waals surface area contributed by atoms with E-state index in [2.05, 4.69) is 46.8 Å².